The van der Waals surface area contributed by atoms with Gasteiger partial charge in [0.15, 0.2) is 0 Å². The Morgan fingerprint density at radius 2 is 1.92 bits per heavy atom. The van der Waals surface area contributed by atoms with Gasteiger partial charge >= 0.3 is 6.18 Å². The molecule has 1 aliphatic heterocycles. The van der Waals surface area contributed by atoms with Gasteiger partial charge in [0.1, 0.15) is 0 Å². The number of benzene rings is 1. The van der Waals surface area contributed by atoms with Gasteiger partial charge in [-0.05, 0) is 25.5 Å². The lowest BCUT2D eigenvalue weighted by Crippen LogP contribution is -2.56. The number of carbonyl (C=O) groups is 2. The summed E-state index contributed by atoms with van der Waals surface area (Å²) in [6.45, 7) is 5.47. The van der Waals surface area contributed by atoms with Crippen molar-refractivity contribution in [3.05, 3.63) is 35.4 Å². The third-order valence-electron chi connectivity index (χ3n) is 4.62. The summed E-state index contributed by atoms with van der Waals surface area (Å²) in [4.78, 5) is 27.9. The second-order valence-electron chi connectivity index (χ2n) is 6.20. The highest BCUT2D eigenvalue weighted by Gasteiger charge is 2.36. The molecule has 0 saturated carbocycles. The number of rotatable bonds is 6. The Morgan fingerprint density at radius 1 is 1.27 bits per heavy atom. The van der Waals surface area contributed by atoms with E-state index in [0.29, 0.717) is 26.2 Å². The van der Waals surface area contributed by atoms with Crippen molar-refractivity contribution in [3.8, 4) is 0 Å². The van der Waals surface area contributed by atoms with Crippen LogP contribution in [0.4, 0.5) is 13.2 Å². The first-order valence-electron chi connectivity index (χ1n) is 8.72. The molecule has 1 aromatic carbocycles. The molecule has 26 heavy (non-hydrogen) atoms. The Kier molecular flexibility index (Phi) is 6.63. The van der Waals surface area contributed by atoms with Gasteiger partial charge in [0.25, 0.3) is 0 Å². The molecule has 2 rings (SSSR count). The van der Waals surface area contributed by atoms with E-state index in [4.69, 9.17) is 0 Å². The number of hydrogen-bond acceptors (Lipinski definition) is 3. The van der Waals surface area contributed by atoms with E-state index in [9.17, 15) is 22.8 Å². The number of hydrogen-bond donors (Lipinski definition) is 1. The van der Waals surface area contributed by atoms with Gasteiger partial charge in [-0.3, -0.25) is 14.5 Å². The molecule has 8 heteroatoms. The van der Waals surface area contributed by atoms with Crippen molar-refractivity contribution < 1.29 is 22.8 Å². The molecule has 1 fully saturated rings. The van der Waals surface area contributed by atoms with E-state index >= 15 is 0 Å². The van der Waals surface area contributed by atoms with Crippen molar-refractivity contribution in [1.82, 2.24) is 15.1 Å². The predicted molar refractivity (Wildman–Crippen MR) is 91.2 cm³/mol. The van der Waals surface area contributed by atoms with Gasteiger partial charge in [-0.2, -0.15) is 13.2 Å². The van der Waals surface area contributed by atoms with Crippen LogP contribution < -0.4 is 5.32 Å². The van der Waals surface area contributed by atoms with Gasteiger partial charge in [-0.1, -0.05) is 18.2 Å². The fraction of sp³-hybridized carbons (Fsp3) is 0.556. The summed E-state index contributed by atoms with van der Waals surface area (Å²) in [5.74, 6) is -0.493. The summed E-state index contributed by atoms with van der Waals surface area (Å²) in [5.41, 5.74) is -0.602. The molecule has 0 aromatic heterocycles. The second-order valence-corrected chi connectivity index (χ2v) is 6.20. The first kappa shape index (κ1) is 20.2. The zero-order valence-electron chi connectivity index (χ0n) is 15.0. The van der Waals surface area contributed by atoms with Gasteiger partial charge in [0.05, 0.1) is 18.0 Å². The molecule has 5 nitrogen and oxygen atoms in total. The van der Waals surface area contributed by atoms with Crippen LogP contribution in [0.1, 0.15) is 31.4 Å². The zero-order valence-corrected chi connectivity index (χ0v) is 15.0. The Hall–Kier alpha value is -2.09. The maximum atomic E-state index is 13.2. The highest BCUT2D eigenvalue weighted by Crippen LogP contribution is 2.32. The van der Waals surface area contributed by atoms with Crippen LogP contribution >= 0.6 is 0 Å². The van der Waals surface area contributed by atoms with Gasteiger partial charge in [0.2, 0.25) is 11.8 Å². The van der Waals surface area contributed by atoms with Crippen LogP contribution in [0.5, 0.6) is 0 Å². The van der Waals surface area contributed by atoms with Crippen molar-refractivity contribution in [2.24, 2.45) is 0 Å². The number of alkyl halides is 3. The number of carbonyl (C=O) groups excluding carboxylic acids is 2. The number of amides is 2. The van der Waals surface area contributed by atoms with Crippen LogP contribution in [0.2, 0.25) is 0 Å². The van der Waals surface area contributed by atoms with Crippen LogP contribution in [-0.4, -0.2) is 53.8 Å². The first-order chi connectivity index (χ1) is 12.3. The minimum absolute atomic E-state index is 0.0285. The lowest BCUT2D eigenvalue weighted by Gasteiger charge is -2.36. The topological polar surface area (TPSA) is 52.7 Å². The molecule has 1 atom stereocenters. The molecule has 1 aromatic rings. The summed E-state index contributed by atoms with van der Waals surface area (Å²) in [6, 6.07) is 4.58. The minimum Gasteiger partial charge on any atom is -0.353 e. The fourth-order valence-electron chi connectivity index (χ4n) is 3.20. The lowest BCUT2D eigenvalue weighted by molar-refractivity contribution is -0.140. The zero-order chi connectivity index (χ0) is 19.3. The molecule has 1 heterocycles. The van der Waals surface area contributed by atoms with Crippen LogP contribution in [0.3, 0.4) is 0 Å². The summed E-state index contributed by atoms with van der Waals surface area (Å²) >= 11 is 0. The van der Waals surface area contributed by atoms with Crippen molar-refractivity contribution in [2.75, 3.05) is 26.2 Å². The molecule has 0 spiro atoms. The smallest absolute Gasteiger partial charge is 0.353 e. The van der Waals surface area contributed by atoms with E-state index in [1.165, 1.54) is 12.1 Å². The van der Waals surface area contributed by atoms with Crippen molar-refractivity contribution in [1.29, 1.82) is 0 Å². The molecular formula is C18H24F3N3O2. The van der Waals surface area contributed by atoms with E-state index in [1.807, 2.05) is 13.8 Å². The van der Waals surface area contributed by atoms with Gasteiger partial charge in [0, 0.05) is 32.7 Å². The van der Waals surface area contributed by atoms with E-state index in [-0.39, 0.29) is 30.3 Å². The number of nitrogens with zero attached hydrogens (tertiary/aromatic N) is 2. The van der Waals surface area contributed by atoms with Crippen LogP contribution in [0.15, 0.2) is 24.3 Å². The van der Waals surface area contributed by atoms with E-state index in [1.54, 1.807) is 15.9 Å². The normalized spacial score (nSPS) is 18.5. The van der Waals surface area contributed by atoms with Crippen LogP contribution in [-0.2, 0) is 22.3 Å². The van der Waals surface area contributed by atoms with Gasteiger partial charge in [-0.15, -0.1) is 0 Å². The maximum Gasteiger partial charge on any atom is 0.416 e. The molecule has 1 N–H and O–H groups in total. The van der Waals surface area contributed by atoms with E-state index in [0.717, 1.165) is 6.07 Å². The maximum absolute atomic E-state index is 13.2. The van der Waals surface area contributed by atoms with Gasteiger partial charge < -0.3 is 10.2 Å². The number of nitrogens with one attached hydrogen (secondary N) is 1. The average molecular weight is 371 g/mol. The molecule has 1 aliphatic rings. The Bertz CT molecular complexity index is 645. The standard InChI is InChI=1S/C18H24F3N3O2/c1-3-23(4-2)16(25)11-15-17(26)22-9-10-24(15)12-13-7-5-6-8-14(13)18(19,20)21/h5-8,15H,3-4,9-12H2,1-2H3,(H,22,26)/t15-/m1/s1. The third kappa shape index (κ3) is 4.75. The number of halogens is 3. The molecule has 144 valence electrons. The Labute approximate surface area is 151 Å². The number of piperazine rings is 1. The van der Waals surface area contributed by atoms with Crippen molar-refractivity contribution in [2.45, 2.75) is 39.0 Å². The van der Waals surface area contributed by atoms with Crippen LogP contribution in [0, 0.1) is 0 Å². The predicted octanol–water partition coefficient (Wildman–Crippen LogP) is 2.26. The highest BCUT2D eigenvalue weighted by molar-refractivity contribution is 5.88. The molecule has 0 aliphatic carbocycles. The summed E-state index contributed by atoms with van der Waals surface area (Å²) in [6.07, 6.45) is -4.50. The third-order valence-corrected chi connectivity index (χ3v) is 4.62. The quantitative estimate of drug-likeness (QED) is 0.835. The SMILES string of the molecule is CCN(CC)C(=O)C[C@@H]1C(=O)NCCN1Cc1ccccc1C(F)(F)F. The fourth-order valence-corrected chi connectivity index (χ4v) is 3.20. The summed E-state index contributed by atoms with van der Waals surface area (Å²) < 4.78 is 39.7. The summed E-state index contributed by atoms with van der Waals surface area (Å²) in [5, 5.41) is 2.70. The highest BCUT2D eigenvalue weighted by atomic mass is 19.4. The average Bonchev–Trinajstić information content (AvgIpc) is 2.58. The molecule has 0 radical (unpaired) electrons. The largest absolute Gasteiger partial charge is 0.416 e. The lowest BCUT2D eigenvalue weighted by atomic mass is 10.0. The van der Waals surface area contributed by atoms with E-state index < -0.39 is 17.8 Å². The Balaban J connectivity index is 2.21. The van der Waals surface area contributed by atoms with Crippen LogP contribution in [0.25, 0.3) is 0 Å². The van der Waals surface area contributed by atoms with Crippen molar-refractivity contribution in [3.63, 3.8) is 0 Å². The van der Waals surface area contributed by atoms with Crippen molar-refractivity contribution >= 4 is 11.8 Å². The molecule has 2 amide bonds. The molecule has 0 unspecified atom stereocenters. The Morgan fingerprint density at radius 3 is 2.54 bits per heavy atom. The molecule has 0 bridgehead atoms. The first-order valence-corrected chi connectivity index (χ1v) is 8.72. The van der Waals surface area contributed by atoms with E-state index in [2.05, 4.69) is 5.32 Å². The second kappa shape index (κ2) is 8.53. The monoisotopic (exact) mass is 371 g/mol. The molecule has 1 saturated heterocycles. The minimum atomic E-state index is -4.46. The van der Waals surface area contributed by atoms with Gasteiger partial charge in [-0.25, -0.2) is 0 Å². The summed E-state index contributed by atoms with van der Waals surface area (Å²) in [7, 11) is 0. The molecular weight excluding hydrogens is 347 g/mol.